The summed E-state index contributed by atoms with van der Waals surface area (Å²) in [5.74, 6) is 0.386. The zero-order chi connectivity index (χ0) is 6.53. The van der Waals surface area contributed by atoms with E-state index in [1.165, 1.54) is 13.2 Å². The Bertz CT molecular complexity index is 149. The van der Waals surface area contributed by atoms with Gasteiger partial charge in [0.15, 0.2) is 6.79 Å². The monoisotopic (exact) mass is 128 g/mol. The molecular formula is C5H6NO3. The van der Waals surface area contributed by atoms with Crippen LogP contribution in [0.4, 0.5) is 0 Å². The highest BCUT2D eigenvalue weighted by molar-refractivity contribution is 5.00. The first-order chi connectivity index (χ1) is 4.43. The molecule has 1 heterocycles. The lowest BCUT2D eigenvalue weighted by molar-refractivity contribution is 0.0453. The third-order valence-corrected chi connectivity index (χ3v) is 0.695. The van der Waals surface area contributed by atoms with E-state index in [2.05, 4.69) is 20.7 Å². The molecule has 0 N–H and O–H groups in total. The lowest BCUT2D eigenvalue weighted by Gasteiger charge is -1.95. The molecule has 0 unspecified atom stereocenters. The minimum atomic E-state index is 0.181. The van der Waals surface area contributed by atoms with Crippen LogP contribution >= 0.6 is 0 Å². The summed E-state index contributed by atoms with van der Waals surface area (Å²) in [6.45, 7) is 0.181. The summed E-state index contributed by atoms with van der Waals surface area (Å²) in [6, 6.07) is 1.49. The van der Waals surface area contributed by atoms with Crippen molar-refractivity contribution in [3.8, 4) is 5.88 Å². The predicted octanol–water partition coefficient (Wildman–Crippen LogP) is 0.457. The number of ether oxygens (including phenoxy) is 2. The molecule has 0 saturated carbocycles. The fourth-order valence-corrected chi connectivity index (χ4v) is 0.362. The molecule has 49 valence electrons. The summed E-state index contributed by atoms with van der Waals surface area (Å²) < 4.78 is 13.8. The molecule has 1 aromatic rings. The maximum atomic E-state index is 4.84. The Morgan fingerprint density at radius 1 is 1.89 bits per heavy atom. The van der Waals surface area contributed by atoms with Gasteiger partial charge in [-0.1, -0.05) is 0 Å². The Morgan fingerprint density at radius 2 is 2.78 bits per heavy atom. The molecule has 9 heavy (non-hydrogen) atoms. The highest BCUT2D eigenvalue weighted by Crippen LogP contribution is 2.02. The van der Waals surface area contributed by atoms with Gasteiger partial charge in [-0.25, -0.2) is 0 Å². The van der Waals surface area contributed by atoms with Gasteiger partial charge in [-0.2, -0.15) is 0 Å². The quantitative estimate of drug-likeness (QED) is 0.554. The molecule has 0 aliphatic heterocycles. The Morgan fingerprint density at radius 3 is 3.33 bits per heavy atom. The largest absolute Gasteiger partial charge is 0.448 e. The zero-order valence-electron chi connectivity index (χ0n) is 4.96. The summed E-state index contributed by atoms with van der Waals surface area (Å²) in [6.07, 6.45) is 2.37. The first kappa shape index (κ1) is 6.10. The molecule has 1 radical (unpaired) electrons. The fraction of sp³-hybridized carbons (Fsp3) is 0.400. The van der Waals surface area contributed by atoms with Gasteiger partial charge >= 0.3 is 0 Å². The van der Waals surface area contributed by atoms with Crippen LogP contribution in [-0.4, -0.2) is 19.1 Å². The summed E-state index contributed by atoms with van der Waals surface area (Å²) in [4.78, 5) is 0. The number of nitrogens with zero attached hydrogens (tertiary/aromatic N) is 1. The van der Waals surface area contributed by atoms with Crippen LogP contribution < -0.4 is 4.74 Å². The highest BCUT2D eigenvalue weighted by Gasteiger charge is 1.93. The molecule has 0 amide bonds. The average molecular weight is 128 g/mol. The molecular weight excluding hydrogens is 122 g/mol. The number of hydrogen-bond donors (Lipinski definition) is 0. The van der Waals surface area contributed by atoms with E-state index in [1.807, 2.05) is 0 Å². The summed E-state index contributed by atoms with van der Waals surface area (Å²) in [5, 5.41) is 3.42. The van der Waals surface area contributed by atoms with E-state index in [9.17, 15) is 0 Å². The lowest BCUT2D eigenvalue weighted by Crippen LogP contribution is -1.98. The van der Waals surface area contributed by atoms with Crippen molar-refractivity contribution < 1.29 is 14.0 Å². The number of rotatable bonds is 3. The SMILES string of the molecule is COCOc1c[c]on1. The Balaban J connectivity index is 2.30. The van der Waals surface area contributed by atoms with Crippen molar-refractivity contribution in [3.63, 3.8) is 0 Å². The van der Waals surface area contributed by atoms with Gasteiger partial charge in [0.2, 0.25) is 6.26 Å². The molecule has 0 aromatic carbocycles. The second kappa shape index (κ2) is 3.09. The topological polar surface area (TPSA) is 44.5 Å². The normalized spacial score (nSPS) is 9.44. The van der Waals surface area contributed by atoms with Crippen molar-refractivity contribution in [2.75, 3.05) is 13.9 Å². The van der Waals surface area contributed by atoms with Crippen molar-refractivity contribution in [2.45, 2.75) is 0 Å². The van der Waals surface area contributed by atoms with Crippen LogP contribution in [0.3, 0.4) is 0 Å². The van der Waals surface area contributed by atoms with Crippen LogP contribution in [0, 0.1) is 6.26 Å². The fourth-order valence-electron chi connectivity index (χ4n) is 0.362. The third kappa shape index (κ3) is 1.73. The van der Waals surface area contributed by atoms with E-state index >= 15 is 0 Å². The molecule has 1 aromatic heterocycles. The summed E-state index contributed by atoms with van der Waals surface area (Å²) in [7, 11) is 1.53. The van der Waals surface area contributed by atoms with Crippen molar-refractivity contribution in [1.29, 1.82) is 0 Å². The van der Waals surface area contributed by atoms with E-state index < -0.39 is 0 Å². The van der Waals surface area contributed by atoms with Crippen molar-refractivity contribution in [2.24, 2.45) is 0 Å². The Hall–Kier alpha value is -1.03. The van der Waals surface area contributed by atoms with Gasteiger partial charge in [-0.3, -0.25) is 0 Å². The molecule has 1 rings (SSSR count). The minimum absolute atomic E-state index is 0.181. The molecule has 0 aliphatic rings. The van der Waals surface area contributed by atoms with Gasteiger partial charge in [0, 0.05) is 7.11 Å². The van der Waals surface area contributed by atoms with Crippen LogP contribution in [-0.2, 0) is 4.74 Å². The first-order valence-corrected chi connectivity index (χ1v) is 2.38. The predicted molar refractivity (Wildman–Crippen MR) is 27.8 cm³/mol. The van der Waals surface area contributed by atoms with Crippen LogP contribution in [0.15, 0.2) is 10.6 Å². The number of hydrogen-bond acceptors (Lipinski definition) is 4. The van der Waals surface area contributed by atoms with Crippen LogP contribution in [0.5, 0.6) is 5.88 Å². The molecule has 4 nitrogen and oxygen atoms in total. The molecule has 0 atom stereocenters. The van der Waals surface area contributed by atoms with Gasteiger partial charge in [-0.15, -0.1) is 0 Å². The van der Waals surface area contributed by atoms with Gasteiger partial charge < -0.3 is 14.0 Å². The van der Waals surface area contributed by atoms with E-state index in [0.717, 1.165) is 0 Å². The van der Waals surface area contributed by atoms with E-state index in [4.69, 9.17) is 4.74 Å². The van der Waals surface area contributed by atoms with Gasteiger partial charge in [0.25, 0.3) is 5.88 Å². The van der Waals surface area contributed by atoms with E-state index in [0.29, 0.717) is 5.88 Å². The second-order valence-electron chi connectivity index (χ2n) is 1.33. The number of methoxy groups -OCH3 is 1. The van der Waals surface area contributed by atoms with E-state index in [-0.39, 0.29) is 6.79 Å². The molecule has 0 spiro atoms. The van der Waals surface area contributed by atoms with Gasteiger partial charge in [0.05, 0.1) is 6.07 Å². The zero-order valence-corrected chi connectivity index (χ0v) is 4.96. The smallest absolute Gasteiger partial charge is 0.256 e. The van der Waals surface area contributed by atoms with Crippen molar-refractivity contribution in [3.05, 3.63) is 12.3 Å². The van der Waals surface area contributed by atoms with Gasteiger partial charge in [0.1, 0.15) is 0 Å². The molecule has 0 aliphatic carbocycles. The average Bonchev–Trinajstić information content (AvgIpc) is 2.34. The Labute approximate surface area is 52.4 Å². The van der Waals surface area contributed by atoms with Crippen molar-refractivity contribution >= 4 is 0 Å². The number of aromatic nitrogens is 1. The lowest BCUT2D eigenvalue weighted by atomic mass is 10.7. The van der Waals surface area contributed by atoms with Crippen LogP contribution in [0.1, 0.15) is 0 Å². The summed E-state index contributed by atoms with van der Waals surface area (Å²) in [5.41, 5.74) is 0. The van der Waals surface area contributed by atoms with Crippen molar-refractivity contribution in [1.82, 2.24) is 5.16 Å². The third-order valence-electron chi connectivity index (χ3n) is 0.695. The highest BCUT2D eigenvalue weighted by atomic mass is 16.7. The molecule has 0 saturated heterocycles. The molecule has 0 bridgehead atoms. The second-order valence-corrected chi connectivity index (χ2v) is 1.33. The standard InChI is InChI=1S/C5H6NO3/c1-7-4-8-5-2-3-9-6-5/h2H,4H2,1H3. The molecule has 4 heteroatoms. The minimum Gasteiger partial charge on any atom is -0.448 e. The van der Waals surface area contributed by atoms with Crippen LogP contribution in [0.25, 0.3) is 0 Å². The Kier molecular flexibility index (Phi) is 2.09. The first-order valence-electron chi connectivity index (χ1n) is 2.38. The van der Waals surface area contributed by atoms with Crippen LogP contribution in [0.2, 0.25) is 0 Å². The maximum Gasteiger partial charge on any atom is 0.256 e. The summed E-state index contributed by atoms with van der Waals surface area (Å²) >= 11 is 0. The maximum absolute atomic E-state index is 4.84. The van der Waals surface area contributed by atoms with E-state index in [1.54, 1.807) is 0 Å². The van der Waals surface area contributed by atoms with Gasteiger partial charge in [-0.05, 0) is 5.16 Å². The molecule has 0 fully saturated rings.